The Labute approximate surface area is 141 Å². The Balaban J connectivity index is 1.94. The van der Waals surface area contributed by atoms with Crippen LogP contribution in [-0.4, -0.2) is 23.3 Å². The Morgan fingerprint density at radius 1 is 1.16 bits per heavy atom. The number of phenols is 1. The molecule has 3 rings (SSSR count). The van der Waals surface area contributed by atoms with Crippen molar-refractivity contribution in [2.45, 2.75) is 6.10 Å². The molecule has 2 N–H and O–H groups in total. The minimum Gasteiger partial charge on any atom is -0.507 e. The fourth-order valence-corrected chi connectivity index (χ4v) is 2.35. The highest BCUT2D eigenvalue weighted by atomic mass is 16.6. The lowest BCUT2D eigenvalue weighted by Crippen LogP contribution is -2.19. The Morgan fingerprint density at radius 2 is 1.88 bits per heavy atom. The Morgan fingerprint density at radius 3 is 2.56 bits per heavy atom. The molecule has 7 heteroatoms. The number of esters is 1. The lowest BCUT2D eigenvalue weighted by atomic mass is 10.1. The quantitative estimate of drug-likeness (QED) is 0.700. The van der Waals surface area contributed by atoms with Crippen LogP contribution in [0.3, 0.4) is 0 Å². The van der Waals surface area contributed by atoms with Crippen molar-refractivity contribution in [2.24, 2.45) is 0 Å². The van der Waals surface area contributed by atoms with Crippen molar-refractivity contribution in [1.29, 1.82) is 0 Å². The van der Waals surface area contributed by atoms with Crippen molar-refractivity contribution in [3.05, 3.63) is 64.5 Å². The molecule has 2 aromatic carbocycles. The van der Waals surface area contributed by atoms with Crippen molar-refractivity contribution in [2.75, 3.05) is 7.11 Å². The van der Waals surface area contributed by atoms with Gasteiger partial charge in [0, 0.05) is 17.5 Å². The largest absolute Gasteiger partial charge is 0.507 e. The summed E-state index contributed by atoms with van der Waals surface area (Å²) in [5.74, 6) is -1.39. The zero-order chi connectivity index (χ0) is 18.0. The third-order valence-electron chi connectivity index (χ3n) is 3.57. The summed E-state index contributed by atoms with van der Waals surface area (Å²) in [6.07, 6.45) is -1.53. The van der Waals surface area contributed by atoms with Gasteiger partial charge in [0.25, 0.3) is 5.95 Å². The maximum atomic E-state index is 12.0. The van der Waals surface area contributed by atoms with Crippen LogP contribution in [0.15, 0.2) is 57.7 Å². The van der Waals surface area contributed by atoms with E-state index in [1.54, 1.807) is 30.3 Å². The van der Waals surface area contributed by atoms with Crippen LogP contribution >= 0.6 is 0 Å². The summed E-state index contributed by atoms with van der Waals surface area (Å²) in [4.78, 5) is 24.1. The number of fused-ring (bicyclic) bond motifs is 1. The number of ether oxygens (including phenoxy) is 2. The Kier molecular flexibility index (Phi) is 4.40. The molecule has 1 heterocycles. The predicted molar refractivity (Wildman–Crippen MR) is 87.7 cm³/mol. The van der Waals surface area contributed by atoms with Crippen molar-refractivity contribution in [3.63, 3.8) is 0 Å². The minimum atomic E-state index is -1.53. The first kappa shape index (κ1) is 16.5. The van der Waals surface area contributed by atoms with Gasteiger partial charge in [0.05, 0.1) is 7.11 Å². The molecule has 0 saturated carbocycles. The molecule has 1 atom stereocenters. The molecule has 0 fully saturated rings. The van der Waals surface area contributed by atoms with Crippen LogP contribution in [0.1, 0.15) is 11.7 Å². The first-order valence-corrected chi connectivity index (χ1v) is 7.29. The maximum absolute atomic E-state index is 12.0. The van der Waals surface area contributed by atoms with Crippen LogP contribution < -0.4 is 15.1 Å². The zero-order valence-corrected chi connectivity index (χ0v) is 13.1. The second-order valence-corrected chi connectivity index (χ2v) is 5.20. The number of hydrogen-bond donors (Lipinski definition) is 2. The molecule has 1 unspecified atom stereocenters. The molecular formula is C18H14O7. The van der Waals surface area contributed by atoms with Gasteiger partial charge in [-0.05, 0) is 11.6 Å². The summed E-state index contributed by atoms with van der Waals surface area (Å²) in [5.41, 5.74) is -0.537. The van der Waals surface area contributed by atoms with E-state index in [0.717, 1.165) is 0 Å². The van der Waals surface area contributed by atoms with Gasteiger partial charge in [-0.15, -0.1) is 0 Å². The van der Waals surface area contributed by atoms with Crippen LogP contribution in [0.5, 0.6) is 17.4 Å². The second-order valence-electron chi connectivity index (χ2n) is 5.20. The summed E-state index contributed by atoms with van der Waals surface area (Å²) in [6, 6.07) is 12.2. The molecular weight excluding hydrogens is 328 g/mol. The molecule has 0 aliphatic heterocycles. The molecule has 0 aliphatic rings. The number of benzene rings is 2. The van der Waals surface area contributed by atoms with Crippen molar-refractivity contribution in [1.82, 2.24) is 0 Å². The molecule has 0 bridgehead atoms. The van der Waals surface area contributed by atoms with Gasteiger partial charge in [-0.2, -0.15) is 0 Å². The summed E-state index contributed by atoms with van der Waals surface area (Å²) in [5, 5.41) is 20.1. The summed E-state index contributed by atoms with van der Waals surface area (Å²) in [7, 11) is 1.41. The number of methoxy groups -OCH3 is 1. The van der Waals surface area contributed by atoms with Crippen LogP contribution in [0.25, 0.3) is 10.8 Å². The predicted octanol–water partition coefficient (Wildman–Crippen LogP) is 2.15. The third kappa shape index (κ3) is 3.31. The average Bonchev–Trinajstić information content (AvgIpc) is 2.60. The van der Waals surface area contributed by atoms with E-state index in [-0.39, 0.29) is 16.5 Å². The maximum Gasteiger partial charge on any atom is 0.350 e. The van der Waals surface area contributed by atoms with Gasteiger partial charge >= 0.3 is 11.6 Å². The molecule has 0 amide bonds. The van der Waals surface area contributed by atoms with E-state index in [9.17, 15) is 19.8 Å². The van der Waals surface area contributed by atoms with Crippen LogP contribution in [0.4, 0.5) is 0 Å². The highest BCUT2D eigenvalue weighted by molar-refractivity contribution is 5.89. The number of carbonyl (C=O) groups excluding carboxylic acids is 1. The van der Waals surface area contributed by atoms with Crippen molar-refractivity contribution < 1.29 is 28.9 Å². The highest BCUT2D eigenvalue weighted by Crippen LogP contribution is 2.30. The van der Waals surface area contributed by atoms with E-state index in [0.29, 0.717) is 11.3 Å². The van der Waals surface area contributed by atoms with Gasteiger partial charge < -0.3 is 24.1 Å². The van der Waals surface area contributed by atoms with E-state index < -0.39 is 23.6 Å². The second kappa shape index (κ2) is 6.66. The number of phenolic OH excluding ortho intramolecular Hbond substituents is 1. The number of aliphatic hydroxyl groups is 1. The van der Waals surface area contributed by atoms with Gasteiger partial charge in [-0.1, -0.05) is 30.3 Å². The SMILES string of the molecule is COc1cc(O)c2c(=O)oc(OC(=O)C(O)c3ccccc3)cc2c1. The van der Waals surface area contributed by atoms with Crippen LogP contribution in [-0.2, 0) is 4.79 Å². The van der Waals surface area contributed by atoms with E-state index >= 15 is 0 Å². The zero-order valence-electron chi connectivity index (χ0n) is 13.1. The van der Waals surface area contributed by atoms with Crippen molar-refractivity contribution >= 4 is 16.7 Å². The standard InChI is InChI=1S/C18H14O7/c1-23-12-7-11-8-14(24-17(21)15(11)13(19)9-12)25-18(22)16(20)10-5-3-2-4-6-10/h2-9,16,19-20H,1H3. The fraction of sp³-hybridized carbons (Fsp3) is 0.111. The van der Waals surface area contributed by atoms with E-state index in [2.05, 4.69) is 0 Å². The number of aromatic hydroxyl groups is 1. The summed E-state index contributed by atoms with van der Waals surface area (Å²) < 4.78 is 14.9. The van der Waals surface area contributed by atoms with Gasteiger partial charge in [0.15, 0.2) is 6.10 Å². The number of hydrogen-bond acceptors (Lipinski definition) is 7. The smallest absolute Gasteiger partial charge is 0.350 e. The van der Waals surface area contributed by atoms with Gasteiger partial charge in [0.1, 0.15) is 16.9 Å². The normalized spacial score (nSPS) is 11.9. The van der Waals surface area contributed by atoms with Gasteiger partial charge in [0.2, 0.25) is 0 Å². The lowest BCUT2D eigenvalue weighted by Gasteiger charge is -2.10. The summed E-state index contributed by atoms with van der Waals surface area (Å²) >= 11 is 0. The van der Waals surface area contributed by atoms with Gasteiger partial charge in [-0.3, -0.25) is 0 Å². The molecule has 7 nitrogen and oxygen atoms in total. The van der Waals surface area contributed by atoms with Crippen molar-refractivity contribution in [3.8, 4) is 17.4 Å². The number of rotatable bonds is 4. The summed E-state index contributed by atoms with van der Waals surface area (Å²) in [6.45, 7) is 0. The Bertz CT molecular complexity index is 976. The van der Waals surface area contributed by atoms with E-state index in [1.807, 2.05) is 0 Å². The molecule has 0 aliphatic carbocycles. The molecule has 128 valence electrons. The first-order chi connectivity index (χ1) is 12.0. The third-order valence-corrected chi connectivity index (χ3v) is 3.57. The molecule has 0 saturated heterocycles. The fourth-order valence-electron chi connectivity index (χ4n) is 2.35. The highest BCUT2D eigenvalue weighted by Gasteiger charge is 2.21. The molecule has 3 aromatic rings. The van der Waals surface area contributed by atoms with E-state index in [4.69, 9.17) is 13.9 Å². The van der Waals surface area contributed by atoms with E-state index in [1.165, 1.54) is 25.3 Å². The average molecular weight is 342 g/mol. The number of aliphatic hydroxyl groups excluding tert-OH is 1. The lowest BCUT2D eigenvalue weighted by molar-refractivity contribution is -0.145. The van der Waals surface area contributed by atoms with Crippen LogP contribution in [0.2, 0.25) is 0 Å². The van der Waals surface area contributed by atoms with Crippen LogP contribution in [0, 0.1) is 0 Å². The first-order valence-electron chi connectivity index (χ1n) is 7.29. The topological polar surface area (TPSA) is 106 Å². The van der Waals surface area contributed by atoms with Gasteiger partial charge in [-0.25, -0.2) is 9.59 Å². The minimum absolute atomic E-state index is 0.0655. The molecule has 1 aromatic heterocycles. The Hall–Kier alpha value is -3.32. The number of carbonyl (C=O) groups is 1. The molecule has 0 spiro atoms. The molecule has 25 heavy (non-hydrogen) atoms. The molecule has 0 radical (unpaired) electrons. The monoisotopic (exact) mass is 342 g/mol.